The maximum atomic E-state index is 13.2. The molecule has 4 heteroatoms. The van der Waals surface area contributed by atoms with Crippen LogP contribution in [0.4, 0.5) is 10.1 Å². The van der Waals surface area contributed by atoms with Crippen LogP contribution in [0.1, 0.15) is 5.56 Å². The number of nitrogen functional groups attached to an aromatic ring is 1. The van der Waals surface area contributed by atoms with Crippen LogP contribution in [-0.2, 0) is 0 Å². The van der Waals surface area contributed by atoms with Crippen molar-refractivity contribution in [2.75, 3.05) is 5.73 Å². The van der Waals surface area contributed by atoms with Gasteiger partial charge in [0.2, 0.25) is 0 Å². The van der Waals surface area contributed by atoms with E-state index in [1.165, 1.54) is 6.07 Å². The lowest BCUT2D eigenvalue weighted by atomic mass is 10.1. The van der Waals surface area contributed by atoms with E-state index in [-0.39, 0.29) is 5.82 Å². The van der Waals surface area contributed by atoms with Gasteiger partial charge in [-0.2, -0.15) is 0 Å². The standard InChI is InChI=1S/C12H10ClFN2/c1-7-5-8(9(13)6-10(7)14)12-11(15)3-2-4-16-12/h2-6H,15H2,1H3. The topological polar surface area (TPSA) is 38.9 Å². The number of rotatable bonds is 1. The largest absolute Gasteiger partial charge is 0.397 e. The monoisotopic (exact) mass is 236 g/mol. The Morgan fingerprint density at radius 2 is 2.12 bits per heavy atom. The molecule has 0 unspecified atom stereocenters. The van der Waals surface area contributed by atoms with Crippen molar-refractivity contribution in [2.45, 2.75) is 6.92 Å². The lowest BCUT2D eigenvalue weighted by Crippen LogP contribution is -1.94. The molecular weight excluding hydrogens is 227 g/mol. The zero-order valence-electron chi connectivity index (χ0n) is 8.67. The molecule has 0 fully saturated rings. The first-order valence-corrected chi connectivity index (χ1v) is 5.14. The molecule has 0 aliphatic rings. The summed E-state index contributed by atoms with van der Waals surface area (Å²) in [5, 5.41) is 0.313. The van der Waals surface area contributed by atoms with Gasteiger partial charge in [-0.25, -0.2) is 4.39 Å². The summed E-state index contributed by atoms with van der Waals surface area (Å²) >= 11 is 5.97. The molecule has 1 aromatic heterocycles. The molecule has 2 rings (SSSR count). The molecule has 1 aromatic carbocycles. The highest BCUT2D eigenvalue weighted by atomic mass is 35.5. The third-order valence-corrected chi connectivity index (χ3v) is 2.66. The first-order chi connectivity index (χ1) is 7.59. The number of nitrogens with two attached hydrogens (primary N) is 1. The van der Waals surface area contributed by atoms with E-state index in [1.54, 1.807) is 31.3 Å². The summed E-state index contributed by atoms with van der Waals surface area (Å²) in [6.07, 6.45) is 1.63. The minimum Gasteiger partial charge on any atom is -0.397 e. The lowest BCUT2D eigenvalue weighted by molar-refractivity contribution is 0.619. The number of pyridine rings is 1. The normalized spacial score (nSPS) is 10.4. The van der Waals surface area contributed by atoms with Gasteiger partial charge >= 0.3 is 0 Å². The Morgan fingerprint density at radius 3 is 2.81 bits per heavy atom. The van der Waals surface area contributed by atoms with E-state index < -0.39 is 0 Å². The Kier molecular flexibility index (Phi) is 2.79. The predicted octanol–water partition coefficient (Wildman–Crippen LogP) is 3.43. The molecule has 0 amide bonds. The molecule has 0 aliphatic heterocycles. The predicted molar refractivity (Wildman–Crippen MR) is 63.8 cm³/mol. The summed E-state index contributed by atoms with van der Waals surface area (Å²) in [5.41, 5.74) is 8.07. The summed E-state index contributed by atoms with van der Waals surface area (Å²) in [7, 11) is 0. The second kappa shape index (κ2) is 4.10. The molecular formula is C12H10ClFN2. The third-order valence-electron chi connectivity index (χ3n) is 2.34. The molecule has 2 aromatic rings. The van der Waals surface area contributed by atoms with Crippen molar-refractivity contribution in [3.8, 4) is 11.3 Å². The number of nitrogens with zero attached hydrogens (tertiary/aromatic N) is 1. The highest BCUT2D eigenvalue weighted by Gasteiger charge is 2.10. The van der Waals surface area contributed by atoms with Crippen molar-refractivity contribution >= 4 is 17.3 Å². The summed E-state index contributed by atoms with van der Waals surface area (Å²) < 4.78 is 13.2. The lowest BCUT2D eigenvalue weighted by Gasteiger charge is -2.08. The number of halogens is 2. The van der Waals surface area contributed by atoms with Crippen LogP contribution in [0.3, 0.4) is 0 Å². The maximum absolute atomic E-state index is 13.2. The molecule has 0 radical (unpaired) electrons. The van der Waals surface area contributed by atoms with Crippen LogP contribution in [0.2, 0.25) is 5.02 Å². The van der Waals surface area contributed by atoms with Crippen molar-refractivity contribution in [2.24, 2.45) is 0 Å². The molecule has 0 atom stereocenters. The van der Waals surface area contributed by atoms with Crippen LogP contribution in [0.25, 0.3) is 11.3 Å². The fourth-order valence-corrected chi connectivity index (χ4v) is 1.72. The van der Waals surface area contributed by atoms with Crippen molar-refractivity contribution in [3.63, 3.8) is 0 Å². The first-order valence-electron chi connectivity index (χ1n) is 4.76. The van der Waals surface area contributed by atoms with Gasteiger partial charge in [0.15, 0.2) is 0 Å². The van der Waals surface area contributed by atoms with Crippen LogP contribution in [0.5, 0.6) is 0 Å². The maximum Gasteiger partial charge on any atom is 0.127 e. The number of anilines is 1. The summed E-state index contributed by atoms with van der Waals surface area (Å²) in [6, 6.07) is 6.40. The van der Waals surface area contributed by atoms with Gasteiger partial charge in [0.25, 0.3) is 0 Å². The minimum atomic E-state index is -0.330. The van der Waals surface area contributed by atoms with Gasteiger partial charge in [0, 0.05) is 11.8 Å². The SMILES string of the molecule is Cc1cc(-c2ncccc2N)c(Cl)cc1F. The van der Waals surface area contributed by atoms with E-state index >= 15 is 0 Å². The second-order valence-electron chi connectivity index (χ2n) is 3.52. The Hall–Kier alpha value is -1.61. The number of benzene rings is 1. The molecule has 0 spiro atoms. The number of aromatic nitrogens is 1. The molecule has 2 N–H and O–H groups in total. The zero-order valence-corrected chi connectivity index (χ0v) is 9.42. The fraction of sp³-hybridized carbons (Fsp3) is 0.0833. The second-order valence-corrected chi connectivity index (χ2v) is 3.93. The highest BCUT2D eigenvalue weighted by Crippen LogP contribution is 2.31. The van der Waals surface area contributed by atoms with Crippen LogP contribution >= 0.6 is 11.6 Å². The number of hydrogen-bond acceptors (Lipinski definition) is 2. The molecule has 2 nitrogen and oxygen atoms in total. The van der Waals surface area contributed by atoms with Crippen LogP contribution in [0.15, 0.2) is 30.5 Å². The van der Waals surface area contributed by atoms with E-state index in [9.17, 15) is 4.39 Å². The third kappa shape index (κ3) is 1.86. The Morgan fingerprint density at radius 1 is 1.38 bits per heavy atom. The fourth-order valence-electron chi connectivity index (χ4n) is 1.48. The van der Waals surface area contributed by atoms with Gasteiger partial charge in [0.1, 0.15) is 5.82 Å². The van der Waals surface area contributed by atoms with Crippen LogP contribution in [0, 0.1) is 12.7 Å². The highest BCUT2D eigenvalue weighted by molar-refractivity contribution is 6.33. The van der Waals surface area contributed by atoms with Gasteiger partial charge < -0.3 is 5.73 Å². The van der Waals surface area contributed by atoms with Crippen molar-refractivity contribution < 1.29 is 4.39 Å². The van der Waals surface area contributed by atoms with Crippen LogP contribution in [-0.4, -0.2) is 4.98 Å². The summed E-state index contributed by atoms with van der Waals surface area (Å²) in [5.74, 6) is -0.330. The Bertz CT molecular complexity index is 541. The molecule has 0 saturated heterocycles. The minimum absolute atomic E-state index is 0.313. The zero-order chi connectivity index (χ0) is 11.7. The average Bonchev–Trinajstić information content (AvgIpc) is 2.25. The average molecular weight is 237 g/mol. The van der Waals surface area contributed by atoms with E-state index in [2.05, 4.69) is 4.98 Å². The smallest absolute Gasteiger partial charge is 0.127 e. The van der Waals surface area contributed by atoms with E-state index in [4.69, 9.17) is 17.3 Å². The molecule has 0 aliphatic carbocycles. The van der Waals surface area contributed by atoms with Crippen molar-refractivity contribution in [1.82, 2.24) is 4.98 Å². The molecule has 0 bridgehead atoms. The molecule has 0 saturated carbocycles. The quantitative estimate of drug-likeness (QED) is 0.824. The molecule has 82 valence electrons. The van der Waals surface area contributed by atoms with Gasteiger partial charge in [-0.3, -0.25) is 4.98 Å². The first kappa shape index (κ1) is 10.9. The molecule has 16 heavy (non-hydrogen) atoms. The van der Waals surface area contributed by atoms with Crippen molar-refractivity contribution in [1.29, 1.82) is 0 Å². The van der Waals surface area contributed by atoms with Gasteiger partial charge in [0.05, 0.1) is 16.4 Å². The van der Waals surface area contributed by atoms with E-state index in [0.717, 1.165) is 0 Å². The van der Waals surface area contributed by atoms with Gasteiger partial charge in [-0.05, 0) is 36.8 Å². The van der Waals surface area contributed by atoms with E-state index in [0.29, 0.717) is 27.5 Å². The van der Waals surface area contributed by atoms with Crippen molar-refractivity contribution in [3.05, 3.63) is 46.9 Å². The Balaban J connectivity index is 2.65. The molecule has 1 heterocycles. The number of aryl methyl sites for hydroxylation is 1. The van der Waals surface area contributed by atoms with E-state index in [1.807, 2.05) is 0 Å². The van der Waals surface area contributed by atoms with Crippen LogP contribution < -0.4 is 5.73 Å². The van der Waals surface area contributed by atoms with Gasteiger partial charge in [-0.15, -0.1) is 0 Å². The summed E-state index contributed by atoms with van der Waals surface area (Å²) in [6.45, 7) is 1.67. The number of hydrogen-bond donors (Lipinski definition) is 1. The Labute approximate surface area is 97.9 Å². The van der Waals surface area contributed by atoms with Gasteiger partial charge in [-0.1, -0.05) is 11.6 Å². The summed E-state index contributed by atoms with van der Waals surface area (Å²) in [4.78, 5) is 4.15.